The van der Waals surface area contributed by atoms with E-state index in [-0.39, 0.29) is 11.3 Å². The number of anilines is 2. The number of rotatable bonds is 3. The van der Waals surface area contributed by atoms with Gasteiger partial charge in [0.15, 0.2) is 0 Å². The van der Waals surface area contributed by atoms with Gasteiger partial charge < -0.3 is 10.6 Å². The minimum Gasteiger partial charge on any atom is -0.385 e. The molecule has 0 saturated heterocycles. The van der Waals surface area contributed by atoms with Crippen molar-refractivity contribution in [2.75, 3.05) is 17.2 Å². The second kappa shape index (κ2) is 7.14. The molecule has 3 rings (SSSR count). The summed E-state index contributed by atoms with van der Waals surface area (Å²) in [6.07, 6.45) is 5.69. The molecule has 3 nitrogen and oxygen atoms in total. The van der Waals surface area contributed by atoms with Gasteiger partial charge in [0.1, 0.15) is 0 Å². The monoisotopic (exact) mass is 334 g/mol. The van der Waals surface area contributed by atoms with E-state index in [1.807, 2.05) is 30.3 Å². The molecule has 0 bridgehead atoms. The quantitative estimate of drug-likeness (QED) is 0.776. The van der Waals surface area contributed by atoms with Gasteiger partial charge in [0.25, 0.3) is 0 Å². The number of carbonyl (C=O) groups is 1. The molecular formula is C22H26N2O. The summed E-state index contributed by atoms with van der Waals surface area (Å²) in [7, 11) is 0. The van der Waals surface area contributed by atoms with Crippen molar-refractivity contribution in [2.24, 2.45) is 0 Å². The summed E-state index contributed by atoms with van der Waals surface area (Å²) in [4.78, 5) is 12.2. The van der Waals surface area contributed by atoms with Crippen molar-refractivity contribution in [1.82, 2.24) is 0 Å². The molecule has 25 heavy (non-hydrogen) atoms. The third kappa shape index (κ3) is 4.50. The lowest BCUT2D eigenvalue weighted by atomic mass is 9.87. The zero-order valence-electron chi connectivity index (χ0n) is 15.2. The first-order valence-corrected chi connectivity index (χ1v) is 8.88. The molecule has 1 aliphatic heterocycles. The molecule has 0 aromatic heterocycles. The third-order valence-corrected chi connectivity index (χ3v) is 4.52. The van der Waals surface area contributed by atoms with E-state index in [2.05, 4.69) is 49.6 Å². The fourth-order valence-corrected chi connectivity index (χ4v) is 2.99. The van der Waals surface area contributed by atoms with Crippen LogP contribution in [0.25, 0.3) is 6.08 Å². The van der Waals surface area contributed by atoms with Crippen molar-refractivity contribution in [3.05, 3.63) is 65.2 Å². The maximum atomic E-state index is 12.2. The van der Waals surface area contributed by atoms with Crippen LogP contribution in [0.5, 0.6) is 0 Å². The van der Waals surface area contributed by atoms with Gasteiger partial charge in [-0.1, -0.05) is 51.1 Å². The van der Waals surface area contributed by atoms with Crippen molar-refractivity contribution >= 4 is 23.4 Å². The molecule has 0 atom stereocenters. The van der Waals surface area contributed by atoms with E-state index in [0.29, 0.717) is 0 Å². The molecule has 2 N–H and O–H groups in total. The van der Waals surface area contributed by atoms with Crippen LogP contribution < -0.4 is 10.6 Å². The minimum absolute atomic E-state index is 0.115. The number of hydrogen-bond acceptors (Lipinski definition) is 2. The lowest BCUT2D eigenvalue weighted by Crippen LogP contribution is -2.13. The summed E-state index contributed by atoms with van der Waals surface area (Å²) in [5, 5.41) is 6.31. The van der Waals surface area contributed by atoms with Gasteiger partial charge in [0.2, 0.25) is 5.91 Å². The molecule has 2 aromatic carbocycles. The van der Waals surface area contributed by atoms with Crippen LogP contribution in [0.3, 0.4) is 0 Å². The number of aryl methyl sites for hydroxylation is 1. The van der Waals surface area contributed by atoms with Gasteiger partial charge in [0.05, 0.1) is 0 Å². The normalized spacial score (nSPS) is 14.0. The Bertz CT molecular complexity index is 783. The SMILES string of the molecule is CC(C)(C)c1ccc(C=CC(=O)Nc2ccc3c(c2)NCCC3)cc1. The van der Waals surface area contributed by atoms with Gasteiger partial charge in [-0.05, 0) is 53.2 Å². The highest BCUT2D eigenvalue weighted by atomic mass is 16.1. The summed E-state index contributed by atoms with van der Waals surface area (Å²) in [6.45, 7) is 7.57. The molecule has 0 unspecified atom stereocenters. The smallest absolute Gasteiger partial charge is 0.248 e. The van der Waals surface area contributed by atoms with Crippen LogP contribution in [0, 0.1) is 0 Å². The van der Waals surface area contributed by atoms with E-state index in [4.69, 9.17) is 0 Å². The Morgan fingerprint density at radius 2 is 1.88 bits per heavy atom. The molecule has 1 heterocycles. The Labute approximate surface area is 150 Å². The van der Waals surface area contributed by atoms with E-state index >= 15 is 0 Å². The zero-order chi connectivity index (χ0) is 17.9. The number of carbonyl (C=O) groups excluding carboxylic acids is 1. The van der Waals surface area contributed by atoms with E-state index < -0.39 is 0 Å². The lowest BCUT2D eigenvalue weighted by Gasteiger charge is -2.19. The van der Waals surface area contributed by atoms with E-state index in [1.54, 1.807) is 6.08 Å². The van der Waals surface area contributed by atoms with Gasteiger partial charge in [0, 0.05) is 24.0 Å². The molecule has 2 aromatic rings. The second-order valence-electron chi connectivity index (χ2n) is 7.60. The first-order valence-electron chi connectivity index (χ1n) is 8.88. The van der Waals surface area contributed by atoms with Gasteiger partial charge in [-0.2, -0.15) is 0 Å². The van der Waals surface area contributed by atoms with Crippen molar-refractivity contribution < 1.29 is 4.79 Å². The Morgan fingerprint density at radius 1 is 1.12 bits per heavy atom. The molecule has 0 radical (unpaired) electrons. The predicted molar refractivity (Wildman–Crippen MR) is 106 cm³/mol. The standard InChI is InChI=1S/C22H26N2O/c1-22(2,3)18-10-6-16(7-11-18)8-13-21(25)24-19-12-9-17-5-4-14-23-20(17)15-19/h6-13,15,23H,4-5,14H2,1-3H3,(H,24,25). The molecule has 3 heteroatoms. The first-order chi connectivity index (χ1) is 11.9. The Kier molecular flexibility index (Phi) is 4.93. The molecule has 0 fully saturated rings. The molecule has 0 aliphatic carbocycles. The molecule has 0 spiro atoms. The van der Waals surface area contributed by atoms with Crippen molar-refractivity contribution in [3.8, 4) is 0 Å². The van der Waals surface area contributed by atoms with E-state index in [1.165, 1.54) is 11.1 Å². The zero-order valence-corrected chi connectivity index (χ0v) is 15.2. The summed E-state index contributed by atoms with van der Waals surface area (Å²) in [5.41, 5.74) is 5.72. The number of hydrogen-bond donors (Lipinski definition) is 2. The van der Waals surface area contributed by atoms with Crippen LogP contribution in [0.2, 0.25) is 0 Å². The second-order valence-corrected chi connectivity index (χ2v) is 7.60. The Hall–Kier alpha value is -2.55. The average molecular weight is 334 g/mol. The van der Waals surface area contributed by atoms with Crippen LogP contribution >= 0.6 is 0 Å². The van der Waals surface area contributed by atoms with Gasteiger partial charge >= 0.3 is 0 Å². The number of amides is 1. The summed E-state index contributed by atoms with van der Waals surface area (Å²) in [6, 6.07) is 14.4. The van der Waals surface area contributed by atoms with Gasteiger partial charge in [-0.25, -0.2) is 0 Å². The van der Waals surface area contributed by atoms with Crippen LogP contribution in [0.4, 0.5) is 11.4 Å². The minimum atomic E-state index is -0.115. The summed E-state index contributed by atoms with van der Waals surface area (Å²) >= 11 is 0. The first kappa shape index (κ1) is 17.3. The van der Waals surface area contributed by atoms with Crippen LogP contribution in [-0.4, -0.2) is 12.5 Å². The van der Waals surface area contributed by atoms with E-state index in [9.17, 15) is 4.79 Å². The molecule has 1 aliphatic rings. The van der Waals surface area contributed by atoms with Gasteiger partial charge in [-0.15, -0.1) is 0 Å². The van der Waals surface area contributed by atoms with Crippen LogP contribution in [0.1, 0.15) is 43.9 Å². The fourth-order valence-electron chi connectivity index (χ4n) is 2.99. The predicted octanol–water partition coefficient (Wildman–Crippen LogP) is 4.99. The lowest BCUT2D eigenvalue weighted by molar-refractivity contribution is -0.111. The highest BCUT2D eigenvalue weighted by Gasteiger charge is 2.12. The van der Waals surface area contributed by atoms with E-state index in [0.717, 1.165) is 36.3 Å². The van der Waals surface area contributed by atoms with Crippen molar-refractivity contribution in [3.63, 3.8) is 0 Å². The molecular weight excluding hydrogens is 308 g/mol. The maximum Gasteiger partial charge on any atom is 0.248 e. The molecule has 130 valence electrons. The van der Waals surface area contributed by atoms with Crippen LogP contribution in [0.15, 0.2) is 48.5 Å². The number of nitrogens with one attached hydrogen (secondary N) is 2. The molecule has 0 saturated carbocycles. The highest BCUT2D eigenvalue weighted by molar-refractivity contribution is 6.02. The fraction of sp³-hybridized carbons (Fsp3) is 0.318. The molecule has 1 amide bonds. The topological polar surface area (TPSA) is 41.1 Å². The van der Waals surface area contributed by atoms with Crippen LogP contribution in [-0.2, 0) is 16.6 Å². The third-order valence-electron chi connectivity index (χ3n) is 4.52. The summed E-state index contributed by atoms with van der Waals surface area (Å²) in [5.74, 6) is -0.115. The van der Waals surface area contributed by atoms with Crippen molar-refractivity contribution in [1.29, 1.82) is 0 Å². The number of fused-ring (bicyclic) bond motifs is 1. The van der Waals surface area contributed by atoms with Crippen molar-refractivity contribution in [2.45, 2.75) is 39.0 Å². The Balaban J connectivity index is 1.63. The largest absolute Gasteiger partial charge is 0.385 e. The Morgan fingerprint density at radius 3 is 2.60 bits per heavy atom. The average Bonchev–Trinajstić information content (AvgIpc) is 2.59. The highest BCUT2D eigenvalue weighted by Crippen LogP contribution is 2.25. The summed E-state index contributed by atoms with van der Waals surface area (Å²) < 4.78 is 0. The van der Waals surface area contributed by atoms with Gasteiger partial charge in [-0.3, -0.25) is 4.79 Å². The maximum absolute atomic E-state index is 12.2. The number of benzene rings is 2.